The second kappa shape index (κ2) is 6.74. The minimum absolute atomic E-state index is 0.191. The number of rotatable bonds is 5. The van der Waals surface area contributed by atoms with Gasteiger partial charge in [-0.3, -0.25) is 4.79 Å². The van der Waals surface area contributed by atoms with Crippen LogP contribution >= 0.6 is 0 Å². The molecule has 2 aromatic rings. The van der Waals surface area contributed by atoms with Gasteiger partial charge in [0.15, 0.2) is 0 Å². The second-order valence-electron chi connectivity index (χ2n) is 6.44. The lowest BCUT2D eigenvalue weighted by Crippen LogP contribution is -2.19. The Hall–Kier alpha value is -2.15. The second-order valence-corrected chi connectivity index (χ2v) is 6.44. The molecule has 0 fully saturated rings. The molecule has 1 heteroatoms. The molecule has 2 rings (SSSR count). The summed E-state index contributed by atoms with van der Waals surface area (Å²) in [6, 6.07) is 14.8. The topological polar surface area (TPSA) is 17.1 Å². The molecule has 0 aromatic heterocycles. The lowest BCUT2D eigenvalue weighted by atomic mass is 9.76. The molecule has 0 radical (unpaired) electrons. The van der Waals surface area contributed by atoms with E-state index >= 15 is 0 Å². The van der Waals surface area contributed by atoms with E-state index in [0.717, 1.165) is 18.3 Å². The standard InChI is InChI=1S/C21H24O/c1-16(2)12-13-21(4,14-17(3)15-22)20-11-7-9-18-8-5-6-10-19(18)20/h5-12,14-15H,13H2,1-4H3. The predicted octanol–water partition coefficient (Wildman–Crippen LogP) is 5.60. The van der Waals surface area contributed by atoms with Crippen LogP contribution in [-0.4, -0.2) is 6.29 Å². The predicted molar refractivity (Wildman–Crippen MR) is 95.2 cm³/mol. The van der Waals surface area contributed by atoms with E-state index in [2.05, 4.69) is 75.4 Å². The third kappa shape index (κ3) is 3.54. The average Bonchev–Trinajstić information content (AvgIpc) is 2.52. The Bertz CT molecular complexity index is 727. The summed E-state index contributed by atoms with van der Waals surface area (Å²) in [7, 11) is 0. The Kier molecular flexibility index (Phi) is 4.97. The first-order valence-corrected chi connectivity index (χ1v) is 7.72. The molecule has 2 aromatic carbocycles. The van der Waals surface area contributed by atoms with E-state index in [1.54, 1.807) is 0 Å². The molecule has 0 spiro atoms. The van der Waals surface area contributed by atoms with Gasteiger partial charge in [0.2, 0.25) is 0 Å². The Morgan fingerprint density at radius 1 is 1.05 bits per heavy atom. The summed E-state index contributed by atoms with van der Waals surface area (Å²) in [6.07, 6.45) is 6.16. The zero-order valence-corrected chi connectivity index (χ0v) is 13.9. The zero-order valence-electron chi connectivity index (χ0n) is 13.9. The average molecular weight is 292 g/mol. The van der Waals surface area contributed by atoms with Crippen LogP contribution in [0.1, 0.15) is 39.7 Å². The van der Waals surface area contributed by atoms with Crippen molar-refractivity contribution in [3.8, 4) is 0 Å². The Balaban J connectivity index is 2.66. The first-order chi connectivity index (χ1) is 10.5. The monoisotopic (exact) mass is 292 g/mol. The van der Waals surface area contributed by atoms with Crippen molar-refractivity contribution in [2.75, 3.05) is 0 Å². The van der Waals surface area contributed by atoms with Gasteiger partial charge in [-0.15, -0.1) is 0 Å². The molecule has 0 heterocycles. The minimum atomic E-state index is -0.191. The van der Waals surface area contributed by atoms with Gasteiger partial charge in [0.05, 0.1) is 0 Å². The summed E-state index contributed by atoms with van der Waals surface area (Å²) in [5.41, 5.74) is 3.15. The van der Waals surface area contributed by atoms with E-state index in [4.69, 9.17) is 0 Å². The van der Waals surface area contributed by atoms with Gasteiger partial charge in [-0.25, -0.2) is 0 Å². The van der Waals surface area contributed by atoms with Gasteiger partial charge in [-0.05, 0) is 49.1 Å². The molecule has 114 valence electrons. The number of benzene rings is 2. The molecule has 0 amide bonds. The fourth-order valence-corrected chi connectivity index (χ4v) is 2.92. The lowest BCUT2D eigenvalue weighted by molar-refractivity contribution is -0.104. The SMILES string of the molecule is CC(C)=CCC(C)(C=C(C)C=O)c1cccc2ccccc12. The molecule has 22 heavy (non-hydrogen) atoms. The van der Waals surface area contributed by atoms with Crippen molar-refractivity contribution in [3.63, 3.8) is 0 Å². The maximum absolute atomic E-state index is 11.1. The number of aldehydes is 1. The van der Waals surface area contributed by atoms with Crippen molar-refractivity contribution in [1.29, 1.82) is 0 Å². The zero-order chi connectivity index (χ0) is 16.2. The van der Waals surface area contributed by atoms with E-state index < -0.39 is 0 Å². The van der Waals surface area contributed by atoms with E-state index in [1.165, 1.54) is 21.9 Å². The third-order valence-electron chi connectivity index (χ3n) is 4.07. The number of hydrogen-bond acceptors (Lipinski definition) is 1. The summed E-state index contributed by atoms with van der Waals surface area (Å²) >= 11 is 0. The Labute approximate surface area is 133 Å². The number of hydrogen-bond donors (Lipinski definition) is 0. The van der Waals surface area contributed by atoms with Gasteiger partial charge in [0, 0.05) is 5.41 Å². The van der Waals surface area contributed by atoms with Gasteiger partial charge in [0.1, 0.15) is 6.29 Å². The van der Waals surface area contributed by atoms with Crippen molar-refractivity contribution in [1.82, 2.24) is 0 Å². The summed E-state index contributed by atoms with van der Waals surface area (Å²) in [6.45, 7) is 8.31. The first-order valence-electron chi connectivity index (χ1n) is 7.72. The summed E-state index contributed by atoms with van der Waals surface area (Å²) < 4.78 is 0. The summed E-state index contributed by atoms with van der Waals surface area (Å²) in [5.74, 6) is 0. The van der Waals surface area contributed by atoms with Crippen LogP contribution in [0.25, 0.3) is 10.8 Å². The van der Waals surface area contributed by atoms with Crippen LogP contribution in [0, 0.1) is 0 Å². The van der Waals surface area contributed by atoms with E-state index in [0.29, 0.717) is 0 Å². The summed E-state index contributed by atoms with van der Waals surface area (Å²) in [4.78, 5) is 11.1. The quantitative estimate of drug-likeness (QED) is 0.398. The summed E-state index contributed by atoms with van der Waals surface area (Å²) in [5, 5.41) is 2.49. The van der Waals surface area contributed by atoms with Gasteiger partial charge >= 0.3 is 0 Å². The highest BCUT2D eigenvalue weighted by molar-refractivity contribution is 5.87. The molecule has 1 nitrogen and oxygen atoms in total. The highest BCUT2D eigenvalue weighted by Crippen LogP contribution is 2.36. The van der Waals surface area contributed by atoms with Crippen LogP contribution in [0.5, 0.6) is 0 Å². The molecular weight excluding hydrogens is 268 g/mol. The fourth-order valence-electron chi connectivity index (χ4n) is 2.92. The molecule has 0 saturated heterocycles. The van der Waals surface area contributed by atoms with Crippen molar-refractivity contribution in [2.24, 2.45) is 0 Å². The van der Waals surface area contributed by atoms with Crippen LogP contribution in [-0.2, 0) is 10.2 Å². The molecule has 0 aliphatic rings. The van der Waals surface area contributed by atoms with Crippen molar-refractivity contribution < 1.29 is 4.79 Å². The van der Waals surface area contributed by atoms with Gasteiger partial charge in [0.25, 0.3) is 0 Å². The van der Waals surface area contributed by atoms with Crippen molar-refractivity contribution in [2.45, 2.75) is 39.5 Å². The molecule has 1 unspecified atom stereocenters. The van der Waals surface area contributed by atoms with E-state index in [9.17, 15) is 4.79 Å². The molecule has 0 saturated carbocycles. The van der Waals surface area contributed by atoms with Crippen LogP contribution in [0.4, 0.5) is 0 Å². The number of carbonyl (C=O) groups excluding carboxylic acids is 1. The molecular formula is C21H24O. The van der Waals surface area contributed by atoms with Crippen molar-refractivity contribution >= 4 is 17.1 Å². The largest absolute Gasteiger partial charge is 0.298 e. The minimum Gasteiger partial charge on any atom is -0.298 e. The van der Waals surface area contributed by atoms with Crippen LogP contribution in [0.15, 0.2) is 65.8 Å². The van der Waals surface area contributed by atoms with Crippen LogP contribution in [0.3, 0.4) is 0 Å². The van der Waals surface area contributed by atoms with Gasteiger partial charge in [-0.2, -0.15) is 0 Å². The number of carbonyl (C=O) groups is 1. The van der Waals surface area contributed by atoms with Crippen LogP contribution < -0.4 is 0 Å². The lowest BCUT2D eigenvalue weighted by Gasteiger charge is -2.28. The van der Waals surface area contributed by atoms with Gasteiger partial charge in [-0.1, -0.05) is 67.1 Å². The molecule has 0 aliphatic carbocycles. The van der Waals surface area contributed by atoms with E-state index in [-0.39, 0.29) is 5.41 Å². The van der Waals surface area contributed by atoms with Crippen molar-refractivity contribution in [3.05, 3.63) is 71.3 Å². The highest BCUT2D eigenvalue weighted by atomic mass is 16.1. The number of fused-ring (bicyclic) bond motifs is 1. The molecule has 1 atom stereocenters. The Morgan fingerprint density at radius 3 is 2.41 bits per heavy atom. The molecule has 0 bridgehead atoms. The molecule has 0 aliphatic heterocycles. The maximum atomic E-state index is 11.1. The first kappa shape index (κ1) is 16.2. The molecule has 0 N–H and O–H groups in total. The highest BCUT2D eigenvalue weighted by Gasteiger charge is 2.25. The third-order valence-corrected chi connectivity index (χ3v) is 4.07. The Morgan fingerprint density at radius 2 is 1.73 bits per heavy atom. The van der Waals surface area contributed by atoms with Crippen LogP contribution in [0.2, 0.25) is 0 Å². The van der Waals surface area contributed by atoms with Gasteiger partial charge < -0.3 is 0 Å². The number of allylic oxidation sites excluding steroid dienone is 4. The normalized spacial score (nSPS) is 14.5. The van der Waals surface area contributed by atoms with E-state index in [1.807, 2.05) is 6.92 Å². The smallest absolute Gasteiger partial charge is 0.145 e. The maximum Gasteiger partial charge on any atom is 0.145 e. The fraction of sp³-hybridized carbons (Fsp3) is 0.286.